The highest BCUT2D eigenvalue weighted by atomic mass is 15.1. The van der Waals surface area contributed by atoms with E-state index in [9.17, 15) is 5.26 Å². The van der Waals surface area contributed by atoms with Crippen molar-refractivity contribution in [3.05, 3.63) is 65.2 Å². The van der Waals surface area contributed by atoms with Gasteiger partial charge in [0.05, 0.1) is 11.6 Å². The highest BCUT2D eigenvalue weighted by molar-refractivity contribution is 5.90. The molecule has 1 aliphatic heterocycles. The van der Waals surface area contributed by atoms with E-state index in [2.05, 4.69) is 36.1 Å². The van der Waals surface area contributed by atoms with Gasteiger partial charge in [-0.3, -0.25) is 0 Å². The van der Waals surface area contributed by atoms with Crippen molar-refractivity contribution in [2.75, 3.05) is 18.0 Å². The molecule has 0 spiro atoms. The number of hydrogen-bond acceptors (Lipinski definition) is 2. The Morgan fingerprint density at radius 2 is 1.82 bits per heavy atom. The van der Waals surface area contributed by atoms with Gasteiger partial charge in [0, 0.05) is 18.8 Å². The fraction of sp³-hybridized carbons (Fsp3) is 0.250. The molecule has 0 atom stereocenters. The summed E-state index contributed by atoms with van der Waals surface area (Å²) >= 11 is 0. The molecular formula is C20H20N2. The second-order valence-corrected chi connectivity index (χ2v) is 5.77. The first kappa shape index (κ1) is 14.4. The Kier molecular flexibility index (Phi) is 4.25. The molecule has 0 amide bonds. The lowest BCUT2D eigenvalue weighted by molar-refractivity contribution is 0.949. The Bertz CT molecular complexity index is 717. The van der Waals surface area contributed by atoms with Gasteiger partial charge in [0.15, 0.2) is 0 Å². The lowest BCUT2D eigenvalue weighted by Crippen LogP contribution is -2.17. The first-order chi connectivity index (χ1) is 10.8. The van der Waals surface area contributed by atoms with Gasteiger partial charge >= 0.3 is 0 Å². The Hall–Kier alpha value is -2.53. The van der Waals surface area contributed by atoms with E-state index < -0.39 is 0 Å². The summed E-state index contributed by atoms with van der Waals surface area (Å²) in [5, 5.41) is 9.43. The van der Waals surface area contributed by atoms with Crippen LogP contribution in [-0.4, -0.2) is 13.1 Å². The highest BCUT2D eigenvalue weighted by Gasteiger charge is 2.12. The first-order valence-electron chi connectivity index (χ1n) is 7.81. The third-order valence-electron chi connectivity index (χ3n) is 4.23. The summed E-state index contributed by atoms with van der Waals surface area (Å²) in [7, 11) is 0. The molecular weight excluding hydrogens is 268 g/mol. The molecule has 0 bridgehead atoms. The Labute approximate surface area is 132 Å². The first-order valence-corrected chi connectivity index (χ1v) is 7.81. The number of hydrogen-bond donors (Lipinski definition) is 0. The third-order valence-corrected chi connectivity index (χ3v) is 4.23. The molecule has 2 aromatic carbocycles. The van der Waals surface area contributed by atoms with E-state index in [1.807, 2.05) is 36.4 Å². The van der Waals surface area contributed by atoms with Crippen LogP contribution in [0.2, 0.25) is 0 Å². The van der Waals surface area contributed by atoms with E-state index in [1.54, 1.807) is 0 Å². The molecule has 22 heavy (non-hydrogen) atoms. The molecule has 1 aliphatic rings. The number of aryl methyl sites for hydroxylation is 1. The van der Waals surface area contributed by atoms with Gasteiger partial charge in [0.1, 0.15) is 0 Å². The molecule has 3 rings (SSSR count). The number of nitriles is 1. The second-order valence-electron chi connectivity index (χ2n) is 5.77. The van der Waals surface area contributed by atoms with Crippen LogP contribution in [0.1, 0.15) is 29.5 Å². The van der Waals surface area contributed by atoms with Crippen molar-refractivity contribution >= 4 is 17.3 Å². The third kappa shape index (κ3) is 3.04. The molecule has 0 N–H and O–H groups in total. The maximum Gasteiger partial charge on any atom is 0.0998 e. The SMILES string of the molecule is Cc1cc(N2CCCC2)ccc1/C=C(/C#N)c1ccccc1. The van der Waals surface area contributed by atoms with Crippen molar-refractivity contribution < 1.29 is 0 Å². The predicted molar refractivity (Wildman–Crippen MR) is 92.6 cm³/mol. The average molecular weight is 288 g/mol. The zero-order valence-corrected chi connectivity index (χ0v) is 12.9. The Morgan fingerprint density at radius 1 is 1.09 bits per heavy atom. The van der Waals surface area contributed by atoms with Crippen LogP contribution in [0.25, 0.3) is 11.6 Å². The average Bonchev–Trinajstić information content (AvgIpc) is 3.09. The number of anilines is 1. The molecule has 2 heteroatoms. The number of nitrogens with zero attached hydrogens (tertiary/aromatic N) is 2. The predicted octanol–water partition coefficient (Wildman–Crippen LogP) is 4.66. The lowest BCUT2D eigenvalue weighted by Gasteiger charge is -2.18. The van der Waals surface area contributed by atoms with Crippen LogP contribution in [0, 0.1) is 18.3 Å². The largest absolute Gasteiger partial charge is 0.372 e. The number of allylic oxidation sites excluding steroid dienone is 1. The monoisotopic (exact) mass is 288 g/mol. The van der Waals surface area contributed by atoms with Crippen molar-refractivity contribution in [2.24, 2.45) is 0 Å². The normalized spacial score (nSPS) is 14.9. The molecule has 1 heterocycles. The summed E-state index contributed by atoms with van der Waals surface area (Å²) in [5.41, 5.74) is 5.30. The zero-order chi connectivity index (χ0) is 15.4. The highest BCUT2D eigenvalue weighted by Crippen LogP contribution is 2.25. The van der Waals surface area contributed by atoms with Gasteiger partial charge in [-0.1, -0.05) is 36.4 Å². The maximum atomic E-state index is 9.43. The van der Waals surface area contributed by atoms with Gasteiger partial charge in [-0.15, -0.1) is 0 Å². The van der Waals surface area contributed by atoms with E-state index in [-0.39, 0.29) is 0 Å². The molecule has 0 aliphatic carbocycles. The molecule has 2 nitrogen and oxygen atoms in total. The van der Waals surface area contributed by atoms with Crippen LogP contribution in [0.5, 0.6) is 0 Å². The topological polar surface area (TPSA) is 27.0 Å². The van der Waals surface area contributed by atoms with Gasteiger partial charge < -0.3 is 4.90 Å². The molecule has 0 unspecified atom stereocenters. The summed E-state index contributed by atoms with van der Waals surface area (Å²) in [5.74, 6) is 0. The number of rotatable bonds is 3. The zero-order valence-electron chi connectivity index (χ0n) is 12.9. The van der Waals surface area contributed by atoms with Crippen LogP contribution in [0.3, 0.4) is 0 Å². The fourth-order valence-electron chi connectivity index (χ4n) is 2.95. The van der Waals surface area contributed by atoms with Crippen LogP contribution < -0.4 is 4.90 Å². The van der Waals surface area contributed by atoms with Gasteiger partial charge in [0.25, 0.3) is 0 Å². The van der Waals surface area contributed by atoms with Crippen molar-refractivity contribution in [1.82, 2.24) is 0 Å². The van der Waals surface area contributed by atoms with E-state index >= 15 is 0 Å². The summed E-state index contributed by atoms with van der Waals surface area (Å²) < 4.78 is 0. The van der Waals surface area contributed by atoms with Gasteiger partial charge in [-0.2, -0.15) is 5.26 Å². The summed E-state index contributed by atoms with van der Waals surface area (Å²) in [6.45, 7) is 4.43. The summed E-state index contributed by atoms with van der Waals surface area (Å²) in [4.78, 5) is 2.43. The van der Waals surface area contributed by atoms with E-state index in [0.29, 0.717) is 5.57 Å². The van der Waals surface area contributed by atoms with Crippen molar-refractivity contribution in [3.8, 4) is 6.07 Å². The van der Waals surface area contributed by atoms with Crippen LogP contribution in [-0.2, 0) is 0 Å². The molecule has 0 saturated carbocycles. The van der Waals surface area contributed by atoms with Crippen molar-refractivity contribution in [1.29, 1.82) is 5.26 Å². The van der Waals surface area contributed by atoms with Gasteiger partial charge in [-0.05, 0) is 54.7 Å². The molecule has 110 valence electrons. The van der Waals surface area contributed by atoms with Crippen LogP contribution in [0.15, 0.2) is 48.5 Å². The molecule has 0 radical (unpaired) electrons. The quantitative estimate of drug-likeness (QED) is 0.606. The van der Waals surface area contributed by atoms with Crippen LogP contribution in [0.4, 0.5) is 5.69 Å². The van der Waals surface area contributed by atoms with Crippen LogP contribution >= 0.6 is 0 Å². The van der Waals surface area contributed by atoms with Crippen molar-refractivity contribution in [2.45, 2.75) is 19.8 Å². The molecule has 1 saturated heterocycles. The molecule has 2 aromatic rings. The lowest BCUT2D eigenvalue weighted by atomic mass is 10.0. The summed E-state index contributed by atoms with van der Waals surface area (Å²) in [6, 6.07) is 18.7. The summed E-state index contributed by atoms with van der Waals surface area (Å²) in [6.07, 6.45) is 4.55. The molecule has 0 aromatic heterocycles. The maximum absolute atomic E-state index is 9.43. The second kappa shape index (κ2) is 6.49. The van der Waals surface area contributed by atoms with E-state index in [1.165, 1.54) is 24.1 Å². The minimum Gasteiger partial charge on any atom is -0.372 e. The van der Waals surface area contributed by atoms with E-state index in [4.69, 9.17) is 0 Å². The minimum atomic E-state index is 0.706. The number of benzene rings is 2. The Morgan fingerprint density at radius 3 is 2.45 bits per heavy atom. The Balaban J connectivity index is 1.91. The van der Waals surface area contributed by atoms with Gasteiger partial charge in [-0.25, -0.2) is 0 Å². The minimum absolute atomic E-state index is 0.706. The smallest absolute Gasteiger partial charge is 0.0998 e. The fourth-order valence-corrected chi connectivity index (χ4v) is 2.95. The van der Waals surface area contributed by atoms with Gasteiger partial charge in [0.2, 0.25) is 0 Å². The van der Waals surface area contributed by atoms with Crippen molar-refractivity contribution in [3.63, 3.8) is 0 Å². The standard InChI is InChI=1S/C20H20N2/c1-16-13-20(22-11-5-6-12-22)10-9-18(16)14-19(15-21)17-7-3-2-4-8-17/h2-4,7-10,13-14H,5-6,11-12H2,1H3/b19-14-. The van der Waals surface area contributed by atoms with E-state index in [0.717, 1.165) is 24.2 Å². The molecule has 1 fully saturated rings.